The van der Waals surface area contributed by atoms with Gasteiger partial charge in [-0.2, -0.15) is 0 Å². The molecule has 1 fully saturated rings. The number of rotatable bonds is 5. The molecule has 0 bridgehead atoms. The van der Waals surface area contributed by atoms with Crippen LogP contribution in [0.2, 0.25) is 0 Å². The van der Waals surface area contributed by atoms with Crippen LogP contribution in [0.25, 0.3) is 0 Å². The van der Waals surface area contributed by atoms with Crippen LogP contribution < -0.4 is 0 Å². The second-order valence-corrected chi connectivity index (χ2v) is 5.52. The highest BCUT2D eigenvalue weighted by atomic mass is 16.2. The molecule has 0 aromatic heterocycles. The first-order valence-electron chi connectivity index (χ1n) is 7.11. The van der Waals surface area contributed by atoms with Crippen LogP contribution in [0.3, 0.4) is 0 Å². The maximum absolute atomic E-state index is 12.1. The van der Waals surface area contributed by atoms with Crippen LogP contribution in [-0.2, 0) is 11.3 Å². The molecule has 1 aromatic carbocycles. The van der Waals surface area contributed by atoms with Crippen LogP contribution in [0.5, 0.6) is 0 Å². The largest absolute Gasteiger partial charge is 0.333 e. The molecule has 0 atom stereocenters. The highest BCUT2D eigenvalue weighted by Gasteiger charge is 2.39. The van der Waals surface area contributed by atoms with Crippen LogP contribution in [0.15, 0.2) is 43.0 Å². The van der Waals surface area contributed by atoms with Crippen molar-refractivity contribution in [3.63, 3.8) is 0 Å². The molecule has 0 unspecified atom stereocenters. The molecule has 1 saturated carbocycles. The van der Waals surface area contributed by atoms with Gasteiger partial charge in [0.1, 0.15) is 0 Å². The van der Waals surface area contributed by atoms with Gasteiger partial charge >= 0.3 is 0 Å². The SMILES string of the molecule is C=CCC1(N(Cc2ccccc2)C(C)=O)CCCC1. The molecular formula is C17H23NO. The Labute approximate surface area is 116 Å². The van der Waals surface area contributed by atoms with Gasteiger partial charge in [0.25, 0.3) is 0 Å². The van der Waals surface area contributed by atoms with Gasteiger partial charge in [0.2, 0.25) is 5.91 Å². The lowest BCUT2D eigenvalue weighted by Gasteiger charge is -2.40. The van der Waals surface area contributed by atoms with Crippen molar-refractivity contribution in [2.45, 2.75) is 51.1 Å². The Morgan fingerprint density at radius 2 is 1.95 bits per heavy atom. The van der Waals surface area contributed by atoms with E-state index >= 15 is 0 Å². The molecule has 102 valence electrons. The van der Waals surface area contributed by atoms with E-state index < -0.39 is 0 Å². The fourth-order valence-electron chi connectivity index (χ4n) is 3.27. The molecule has 19 heavy (non-hydrogen) atoms. The topological polar surface area (TPSA) is 20.3 Å². The molecule has 2 rings (SSSR count). The number of hydrogen-bond donors (Lipinski definition) is 0. The van der Waals surface area contributed by atoms with Gasteiger partial charge in [0.05, 0.1) is 0 Å². The van der Waals surface area contributed by atoms with E-state index in [-0.39, 0.29) is 11.4 Å². The Balaban J connectivity index is 2.23. The number of carbonyl (C=O) groups excluding carboxylic acids is 1. The Morgan fingerprint density at radius 1 is 1.32 bits per heavy atom. The van der Waals surface area contributed by atoms with Gasteiger partial charge in [-0.1, -0.05) is 49.2 Å². The van der Waals surface area contributed by atoms with E-state index in [1.807, 2.05) is 24.3 Å². The van der Waals surface area contributed by atoms with Gasteiger partial charge in [-0.25, -0.2) is 0 Å². The predicted molar refractivity (Wildman–Crippen MR) is 78.7 cm³/mol. The molecule has 0 radical (unpaired) electrons. The maximum atomic E-state index is 12.1. The Kier molecular flexibility index (Phi) is 4.41. The van der Waals surface area contributed by atoms with E-state index in [1.165, 1.54) is 18.4 Å². The lowest BCUT2D eigenvalue weighted by Crippen LogP contribution is -2.48. The third-order valence-electron chi connectivity index (χ3n) is 4.19. The van der Waals surface area contributed by atoms with Gasteiger partial charge in [-0.3, -0.25) is 4.79 Å². The predicted octanol–water partition coefficient (Wildman–Crippen LogP) is 3.92. The Hall–Kier alpha value is -1.57. The number of carbonyl (C=O) groups is 1. The summed E-state index contributed by atoms with van der Waals surface area (Å²) in [6.07, 6.45) is 7.50. The first kappa shape index (κ1) is 13.9. The van der Waals surface area contributed by atoms with Crippen LogP contribution in [0, 0.1) is 0 Å². The number of benzene rings is 1. The van der Waals surface area contributed by atoms with E-state index in [9.17, 15) is 4.79 Å². The molecular weight excluding hydrogens is 234 g/mol. The molecule has 1 aliphatic rings. The van der Waals surface area contributed by atoms with Gasteiger partial charge in [-0.15, -0.1) is 6.58 Å². The lowest BCUT2D eigenvalue weighted by molar-refractivity contribution is -0.136. The second kappa shape index (κ2) is 6.05. The molecule has 0 saturated heterocycles. The summed E-state index contributed by atoms with van der Waals surface area (Å²) in [5, 5.41) is 0. The van der Waals surface area contributed by atoms with E-state index in [0.29, 0.717) is 6.54 Å². The van der Waals surface area contributed by atoms with Crippen molar-refractivity contribution in [1.29, 1.82) is 0 Å². The number of nitrogens with zero attached hydrogens (tertiary/aromatic N) is 1. The van der Waals surface area contributed by atoms with Crippen molar-refractivity contribution >= 4 is 5.91 Å². The second-order valence-electron chi connectivity index (χ2n) is 5.52. The zero-order valence-corrected chi connectivity index (χ0v) is 11.8. The van der Waals surface area contributed by atoms with Gasteiger partial charge in [-0.05, 0) is 24.8 Å². The van der Waals surface area contributed by atoms with Crippen molar-refractivity contribution in [2.75, 3.05) is 0 Å². The third kappa shape index (κ3) is 3.06. The third-order valence-corrected chi connectivity index (χ3v) is 4.19. The van der Waals surface area contributed by atoms with Gasteiger partial charge < -0.3 is 4.90 Å². The van der Waals surface area contributed by atoms with Crippen molar-refractivity contribution in [3.8, 4) is 0 Å². The molecule has 1 aromatic rings. The minimum atomic E-state index is 0.00340. The first-order chi connectivity index (χ1) is 9.18. The fraction of sp³-hybridized carbons (Fsp3) is 0.471. The maximum Gasteiger partial charge on any atom is 0.220 e. The summed E-state index contributed by atoms with van der Waals surface area (Å²) < 4.78 is 0. The van der Waals surface area contributed by atoms with Gasteiger partial charge in [0, 0.05) is 19.0 Å². The van der Waals surface area contributed by atoms with E-state index in [0.717, 1.165) is 19.3 Å². The monoisotopic (exact) mass is 257 g/mol. The molecule has 0 aliphatic heterocycles. The fourth-order valence-corrected chi connectivity index (χ4v) is 3.27. The summed E-state index contributed by atoms with van der Waals surface area (Å²) in [5.41, 5.74) is 1.21. The van der Waals surface area contributed by atoms with E-state index in [2.05, 4.69) is 23.6 Å². The molecule has 0 N–H and O–H groups in total. The molecule has 2 heteroatoms. The molecule has 1 aliphatic carbocycles. The average Bonchev–Trinajstić information content (AvgIpc) is 2.87. The molecule has 2 nitrogen and oxygen atoms in total. The van der Waals surface area contributed by atoms with Crippen LogP contribution in [0.4, 0.5) is 0 Å². The normalized spacial score (nSPS) is 17.1. The Bertz CT molecular complexity index is 432. The summed E-state index contributed by atoms with van der Waals surface area (Å²) in [7, 11) is 0. The molecule has 1 amide bonds. The van der Waals surface area contributed by atoms with Crippen LogP contribution in [0.1, 0.15) is 44.6 Å². The quantitative estimate of drug-likeness (QED) is 0.732. The minimum Gasteiger partial charge on any atom is -0.333 e. The smallest absolute Gasteiger partial charge is 0.220 e. The average molecular weight is 257 g/mol. The first-order valence-corrected chi connectivity index (χ1v) is 7.11. The van der Waals surface area contributed by atoms with Crippen molar-refractivity contribution in [3.05, 3.63) is 48.6 Å². The van der Waals surface area contributed by atoms with Crippen molar-refractivity contribution in [1.82, 2.24) is 4.90 Å². The minimum absolute atomic E-state index is 0.00340. The summed E-state index contributed by atoms with van der Waals surface area (Å²) >= 11 is 0. The number of hydrogen-bond acceptors (Lipinski definition) is 1. The zero-order valence-electron chi connectivity index (χ0n) is 11.8. The zero-order chi connectivity index (χ0) is 13.7. The van der Waals surface area contributed by atoms with E-state index in [1.54, 1.807) is 6.92 Å². The summed E-state index contributed by atoms with van der Waals surface area (Å²) in [4.78, 5) is 14.2. The highest BCUT2D eigenvalue weighted by molar-refractivity contribution is 5.74. The van der Waals surface area contributed by atoms with Crippen LogP contribution in [-0.4, -0.2) is 16.3 Å². The molecule has 0 spiro atoms. The van der Waals surface area contributed by atoms with E-state index in [4.69, 9.17) is 0 Å². The van der Waals surface area contributed by atoms with Crippen LogP contribution >= 0.6 is 0 Å². The summed E-state index contributed by atoms with van der Waals surface area (Å²) in [6, 6.07) is 10.3. The van der Waals surface area contributed by atoms with Crippen molar-refractivity contribution < 1.29 is 4.79 Å². The summed E-state index contributed by atoms with van der Waals surface area (Å²) in [5.74, 6) is 0.174. The highest BCUT2D eigenvalue weighted by Crippen LogP contribution is 2.39. The standard InChI is InChI=1S/C17H23NO/c1-3-11-17(12-7-8-13-17)18(15(2)19)14-16-9-5-4-6-10-16/h3-6,9-10H,1,7-8,11-14H2,2H3. The summed E-state index contributed by atoms with van der Waals surface area (Å²) in [6.45, 7) is 6.28. The van der Waals surface area contributed by atoms with Crippen molar-refractivity contribution in [2.24, 2.45) is 0 Å². The molecule has 0 heterocycles. The number of amides is 1. The lowest BCUT2D eigenvalue weighted by atomic mass is 9.90. The Morgan fingerprint density at radius 3 is 2.47 bits per heavy atom. The van der Waals surface area contributed by atoms with Gasteiger partial charge in [0.15, 0.2) is 0 Å².